The molecule has 2 rings (SSSR count). The number of sulfonamides is 1. The van der Waals surface area contributed by atoms with Crippen molar-refractivity contribution in [1.29, 1.82) is 0 Å². The maximum absolute atomic E-state index is 12.8. The number of nitrogens with zero attached hydrogens (tertiary/aromatic N) is 1. The molecule has 7 heteroatoms. The highest BCUT2D eigenvalue weighted by Gasteiger charge is 2.33. The van der Waals surface area contributed by atoms with E-state index in [2.05, 4.69) is 0 Å². The molecular weight excluding hydrogens is 290 g/mol. The van der Waals surface area contributed by atoms with E-state index in [1.807, 2.05) is 0 Å². The predicted octanol–water partition coefficient (Wildman–Crippen LogP) is 0.772. The molecule has 0 radical (unpaired) electrons. The number of hydrogen-bond acceptors (Lipinski definition) is 4. The second-order valence-electron chi connectivity index (χ2n) is 5.58. The van der Waals surface area contributed by atoms with Crippen molar-refractivity contribution in [2.75, 3.05) is 18.8 Å². The SMILES string of the molecule is Cc1cc(N)c(C)c(S(=O)(=O)N2CCCC(C(N)=O)C2)c1. The van der Waals surface area contributed by atoms with E-state index in [1.165, 1.54) is 4.31 Å². The Morgan fingerprint density at radius 2 is 2.00 bits per heavy atom. The maximum atomic E-state index is 12.8. The van der Waals surface area contributed by atoms with Crippen LogP contribution < -0.4 is 11.5 Å². The van der Waals surface area contributed by atoms with Gasteiger partial charge < -0.3 is 11.5 Å². The molecule has 4 N–H and O–H groups in total. The third kappa shape index (κ3) is 3.03. The lowest BCUT2D eigenvalue weighted by Gasteiger charge is -2.31. The maximum Gasteiger partial charge on any atom is 0.243 e. The molecule has 6 nitrogen and oxygen atoms in total. The van der Waals surface area contributed by atoms with E-state index in [1.54, 1.807) is 26.0 Å². The number of carbonyl (C=O) groups excluding carboxylic acids is 1. The molecule has 1 fully saturated rings. The van der Waals surface area contributed by atoms with Gasteiger partial charge in [-0.05, 0) is 49.9 Å². The van der Waals surface area contributed by atoms with Crippen LogP contribution >= 0.6 is 0 Å². The molecule has 116 valence electrons. The first kappa shape index (κ1) is 15.8. The van der Waals surface area contributed by atoms with Gasteiger partial charge in [-0.25, -0.2) is 8.42 Å². The summed E-state index contributed by atoms with van der Waals surface area (Å²) < 4.78 is 26.9. The smallest absolute Gasteiger partial charge is 0.243 e. The first-order chi connectivity index (χ1) is 9.73. The van der Waals surface area contributed by atoms with Crippen LogP contribution in [-0.2, 0) is 14.8 Å². The Labute approximate surface area is 125 Å². The Morgan fingerprint density at radius 3 is 2.62 bits per heavy atom. The lowest BCUT2D eigenvalue weighted by molar-refractivity contribution is -0.122. The van der Waals surface area contributed by atoms with Crippen LogP contribution in [-0.4, -0.2) is 31.7 Å². The number of aryl methyl sites for hydroxylation is 1. The summed E-state index contributed by atoms with van der Waals surface area (Å²) in [6, 6.07) is 3.37. The summed E-state index contributed by atoms with van der Waals surface area (Å²) in [5.41, 5.74) is 13.0. The number of benzene rings is 1. The largest absolute Gasteiger partial charge is 0.398 e. The molecule has 1 saturated heterocycles. The highest BCUT2D eigenvalue weighted by molar-refractivity contribution is 7.89. The van der Waals surface area contributed by atoms with Crippen LogP contribution in [0.4, 0.5) is 5.69 Å². The summed E-state index contributed by atoms with van der Waals surface area (Å²) in [7, 11) is -3.66. The van der Waals surface area contributed by atoms with Crippen molar-refractivity contribution in [3.05, 3.63) is 23.3 Å². The van der Waals surface area contributed by atoms with Crippen LogP contribution in [0.15, 0.2) is 17.0 Å². The second kappa shape index (κ2) is 5.65. The van der Waals surface area contributed by atoms with Gasteiger partial charge in [-0.3, -0.25) is 4.79 Å². The van der Waals surface area contributed by atoms with Gasteiger partial charge in [-0.2, -0.15) is 4.31 Å². The van der Waals surface area contributed by atoms with Crippen LogP contribution in [0.25, 0.3) is 0 Å². The first-order valence-electron chi connectivity index (χ1n) is 6.89. The highest BCUT2D eigenvalue weighted by Crippen LogP contribution is 2.28. The number of hydrogen-bond donors (Lipinski definition) is 2. The standard InChI is InChI=1S/C14H21N3O3S/c1-9-6-12(15)10(2)13(7-9)21(19,20)17-5-3-4-11(8-17)14(16)18/h6-7,11H,3-5,8,15H2,1-2H3,(H2,16,18). The summed E-state index contributed by atoms with van der Waals surface area (Å²) >= 11 is 0. The number of rotatable bonds is 3. The van der Waals surface area contributed by atoms with Crippen LogP contribution in [0.1, 0.15) is 24.0 Å². The second-order valence-corrected chi connectivity index (χ2v) is 7.49. The lowest BCUT2D eigenvalue weighted by Crippen LogP contribution is -2.44. The fraction of sp³-hybridized carbons (Fsp3) is 0.500. The Bertz CT molecular complexity index is 670. The summed E-state index contributed by atoms with van der Waals surface area (Å²) in [4.78, 5) is 11.5. The lowest BCUT2D eigenvalue weighted by atomic mass is 9.99. The quantitative estimate of drug-likeness (QED) is 0.804. The van der Waals surface area contributed by atoms with Crippen molar-refractivity contribution in [2.24, 2.45) is 11.7 Å². The molecule has 1 aromatic rings. The molecule has 1 aromatic carbocycles. The normalized spacial score (nSPS) is 20.4. The average Bonchev–Trinajstić information content (AvgIpc) is 2.42. The minimum absolute atomic E-state index is 0.144. The average molecular weight is 311 g/mol. The zero-order valence-corrected chi connectivity index (χ0v) is 13.1. The van der Waals surface area contributed by atoms with Crippen LogP contribution in [0.5, 0.6) is 0 Å². The van der Waals surface area contributed by atoms with Gasteiger partial charge in [-0.1, -0.05) is 0 Å². The Hall–Kier alpha value is -1.60. The molecule has 0 saturated carbocycles. The van der Waals surface area contributed by atoms with Gasteiger partial charge in [-0.15, -0.1) is 0 Å². The van der Waals surface area contributed by atoms with Crippen LogP contribution in [0.2, 0.25) is 0 Å². The molecule has 0 bridgehead atoms. The van der Waals surface area contributed by atoms with Crippen molar-refractivity contribution in [1.82, 2.24) is 4.31 Å². The number of anilines is 1. The van der Waals surface area contributed by atoms with Gasteiger partial charge >= 0.3 is 0 Å². The molecule has 1 amide bonds. The molecule has 1 aliphatic heterocycles. The number of nitrogen functional groups attached to an aromatic ring is 1. The van der Waals surface area contributed by atoms with Crippen molar-refractivity contribution in [3.8, 4) is 0 Å². The van der Waals surface area contributed by atoms with Crippen LogP contribution in [0.3, 0.4) is 0 Å². The van der Waals surface area contributed by atoms with Gasteiger partial charge in [0.1, 0.15) is 0 Å². The Balaban J connectivity index is 2.40. The van der Waals surface area contributed by atoms with E-state index < -0.39 is 21.8 Å². The first-order valence-corrected chi connectivity index (χ1v) is 8.33. The zero-order valence-electron chi connectivity index (χ0n) is 12.3. The predicted molar refractivity (Wildman–Crippen MR) is 81.0 cm³/mol. The zero-order chi connectivity index (χ0) is 15.8. The minimum atomic E-state index is -3.66. The number of nitrogens with two attached hydrogens (primary N) is 2. The van der Waals surface area contributed by atoms with Crippen LogP contribution in [0, 0.1) is 19.8 Å². The summed E-state index contributed by atoms with van der Waals surface area (Å²) in [5, 5.41) is 0. The fourth-order valence-corrected chi connectivity index (χ4v) is 4.52. The minimum Gasteiger partial charge on any atom is -0.398 e. The monoisotopic (exact) mass is 311 g/mol. The number of primary amides is 1. The van der Waals surface area contributed by atoms with Crippen molar-refractivity contribution in [3.63, 3.8) is 0 Å². The molecule has 0 aromatic heterocycles. The van der Waals surface area contributed by atoms with E-state index in [4.69, 9.17) is 11.5 Å². The molecule has 1 heterocycles. The molecule has 0 spiro atoms. The molecule has 0 aliphatic carbocycles. The number of amides is 1. The van der Waals surface area contributed by atoms with E-state index in [-0.39, 0.29) is 11.4 Å². The number of carbonyl (C=O) groups is 1. The van der Waals surface area contributed by atoms with Crippen molar-refractivity contribution in [2.45, 2.75) is 31.6 Å². The number of piperidine rings is 1. The van der Waals surface area contributed by atoms with E-state index in [9.17, 15) is 13.2 Å². The molecule has 1 unspecified atom stereocenters. The molecule has 1 atom stereocenters. The molecule has 1 aliphatic rings. The Morgan fingerprint density at radius 1 is 1.33 bits per heavy atom. The van der Waals surface area contributed by atoms with E-state index >= 15 is 0 Å². The Kier molecular flexibility index (Phi) is 4.25. The van der Waals surface area contributed by atoms with Gasteiger partial charge in [0.25, 0.3) is 0 Å². The van der Waals surface area contributed by atoms with Gasteiger partial charge in [0, 0.05) is 18.8 Å². The summed E-state index contributed by atoms with van der Waals surface area (Å²) in [6.45, 7) is 4.04. The van der Waals surface area contributed by atoms with E-state index in [0.717, 1.165) is 5.56 Å². The van der Waals surface area contributed by atoms with Gasteiger partial charge in [0.05, 0.1) is 10.8 Å². The summed E-state index contributed by atoms with van der Waals surface area (Å²) in [5.74, 6) is -0.869. The van der Waals surface area contributed by atoms with Crippen molar-refractivity contribution < 1.29 is 13.2 Å². The van der Waals surface area contributed by atoms with E-state index in [0.29, 0.717) is 30.6 Å². The van der Waals surface area contributed by atoms with Gasteiger partial charge in [0.15, 0.2) is 0 Å². The molecule has 21 heavy (non-hydrogen) atoms. The third-order valence-electron chi connectivity index (χ3n) is 3.95. The van der Waals surface area contributed by atoms with Crippen molar-refractivity contribution >= 4 is 21.6 Å². The highest BCUT2D eigenvalue weighted by atomic mass is 32.2. The fourth-order valence-electron chi connectivity index (χ4n) is 2.65. The third-order valence-corrected chi connectivity index (χ3v) is 5.94. The van der Waals surface area contributed by atoms with Gasteiger partial charge in [0.2, 0.25) is 15.9 Å². The summed E-state index contributed by atoms with van der Waals surface area (Å²) in [6.07, 6.45) is 1.27. The molecular formula is C14H21N3O3S. The topological polar surface area (TPSA) is 106 Å².